The molecule has 136 valence electrons. The monoisotopic (exact) mass is 355 g/mol. The Bertz CT molecular complexity index is 782. The van der Waals surface area contributed by atoms with E-state index in [2.05, 4.69) is 10.6 Å². The molecule has 3 rings (SSSR count). The van der Waals surface area contributed by atoms with Crippen molar-refractivity contribution in [3.8, 4) is 0 Å². The molecule has 1 heterocycles. The van der Waals surface area contributed by atoms with Crippen LogP contribution in [0.4, 0.5) is 9.18 Å². The first-order valence-corrected chi connectivity index (χ1v) is 8.69. The van der Waals surface area contributed by atoms with Crippen molar-refractivity contribution in [3.05, 3.63) is 71.5 Å². The number of urea groups is 1. The van der Waals surface area contributed by atoms with Gasteiger partial charge in [-0.2, -0.15) is 0 Å². The largest absolute Gasteiger partial charge is 0.348 e. The van der Waals surface area contributed by atoms with E-state index in [1.807, 2.05) is 30.3 Å². The maximum Gasteiger partial charge on any atom is 0.318 e. The highest BCUT2D eigenvalue weighted by atomic mass is 19.1. The standard InChI is InChI=1S/C20H22FN3O2/c1-14(16-9-5-6-10-17(16)21)22-19(25)13-24-12-11-18(23-20(24)26)15-7-3-2-4-8-15/h2-10,14,18H,11-13H2,1H3,(H,22,25)(H,23,26)/t14-,18?/m0/s1. The summed E-state index contributed by atoms with van der Waals surface area (Å²) < 4.78 is 13.8. The van der Waals surface area contributed by atoms with Gasteiger partial charge in [-0.25, -0.2) is 9.18 Å². The molecule has 2 aromatic rings. The Labute approximate surface area is 152 Å². The first-order valence-electron chi connectivity index (χ1n) is 8.69. The second-order valence-corrected chi connectivity index (χ2v) is 6.43. The molecule has 0 aliphatic carbocycles. The number of halogens is 1. The Hall–Kier alpha value is -2.89. The normalized spacial score (nSPS) is 18.2. The van der Waals surface area contributed by atoms with Crippen LogP contribution in [0.3, 0.4) is 0 Å². The van der Waals surface area contributed by atoms with Crippen molar-refractivity contribution in [3.63, 3.8) is 0 Å². The Kier molecular flexibility index (Phi) is 5.51. The molecule has 0 spiro atoms. The maximum absolute atomic E-state index is 13.8. The zero-order valence-electron chi connectivity index (χ0n) is 14.6. The lowest BCUT2D eigenvalue weighted by Crippen LogP contribution is -2.51. The van der Waals surface area contributed by atoms with Crippen LogP contribution in [0.5, 0.6) is 0 Å². The van der Waals surface area contributed by atoms with Gasteiger partial charge in [-0.05, 0) is 25.0 Å². The van der Waals surface area contributed by atoms with E-state index in [0.29, 0.717) is 12.1 Å². The van der Waals surface area contributed by atoms with Gasteiger partial charge in [0.2, 0.25) is 5.91 Å². The quantitative estimate of drug-likeness (QED) is 0.865. The smallest absolute Gasteiger partial charge is 0.318 e. The van der Waals surface area contributed by atoms with Crippen molar-refractivity contribution in [1.82, 2.24) is 15.5 Å². The van der Waals surface area contributed by atoms with Crippen LogP contribution < -0.4 is 10.6 Å². The molecule has 1 aliphatic rings. The summed E-state index contributed by atoms with van der Waals surface area (Å²) in [5, 5.41) is 5.68. The number of carbonyl (C=O) groups excluding carboxylic acids is 2. The summed E-state index contributed by atoms with van der Waals surface area (Å²) in [4.78, 5) is 26.0. The molecule has 5 nitrogen and oxygen atoms in total. The van der Waals surface area contributed by atoms with E-state index < -0.39 is 6.04 Å². The van der Waals surface area contributed by atoms with E-state index in [1.54, 1.807) is 25.1 Å². The van der Waals surface area contributed by atoms with Gasteiger partial charge in [-0.3, -0.25) is 4.79 Å². The second-order valence-electron chi connectivity index (χ2n) is 6.43. The fraction of sp³-hybridized carbons (Fsp3) is 0.300. The number of benzene rings is 2. The third-order valence-electron chi connectivity index (χ3n) is 4.56. The van der Waals surface area contributed by atoms with Crippen LogP contribution in [-0.2, 0) is 4.79 Å². The van der Waals surface area contributed by atoms with Gasteiger partial charge in [0, 0.05) is 12.1 Å². The highest BCUT2D eigenvalue weighted by Crippen LogP contribution is 2.21. The predicted octanol–water partition coefficient (Wildman–Crippen LogP) is 3.16. The van der Waals surface area contributed by atoms with Crippen LogP contribution in [0.1, 0.15) is 36.6 Å². The van der Waals surface area contributed by atoms with Gasteiger partial charge in [0.15, 0.2) is 0 Å². The molecule has 1 fully saturated rings. The van der Waals surface area contributed by atoms with Gasteiger partial charge < -0.3 is 15.5 Å². The van der Waals surface area contributed by atoms with E-state index >= 15 is 0 Å². The second kappa shape index (κ2) is 7.99. The van der Waals surface area contributed by atoms with Gasteiger partial charge in [0.1, 0.15) is 12.4 Å². The number of rotatable bonds is 5. The predicted molar refractivity (Wildman–Crippen MR) is 96.9 cm³/mol. The van der Waals surface area contributed by atoms with Crippen molar-refractivity contribution < 1.29 is 14.0 Å². The molecule has 0 aromatic heterocycles. The van der Waals surface area contributed by atoms with Crippen LogP contribution in [0.15, 0.2) is 54.6 Å². The maximum atomic E-state index is 13.8. The van der Waals surface area contributed by atoms with E-state index in [1.165, 1.54) is 11.0 Å². The van der Waals surface area contributed by atoms with Crippen LogP contribution in [0.25, 0.3) is 0 Å². The molecule has 1 aliphatic heterocycles. The van der Waals surface area contributed by atoms with Crippen molar-refractivity contribution in [2.75, 3.05) is 13.1 Å². The third-order valence-corrected chi connectivity index (χ3v) is 4.56. The third kappa shape index (κ3) is 4.20. The van der Waals surface area contributed by atoms with Crippen LogP contribution >= 0.6 is 0 Å². The fourth-order valence-corrected chi connectivity index (χ4v) is 3.15. The molecule has 1 saturated heterocycles. The summed E-state index contributed by atoms with van der Waals surface area (Å²) >= 11 is 0. The Morgan fingerprint density at radius 2 is 1.92 bits per heavy atom. The molecule has 2 atom stereocenters. The molecule has 6 heteroatoms. The lowest BCUT2D eigenvalue weighted by Gasteiger charge is -2.33. The van der Waals surface area contributed by atoms with Crippen LogP contribution in [0.2, 0.25) is 0 Å². The highest BCUT2D eigenvalue weighted by molar-refractivity contribution is 5.84. The SMILES string of the molecule is C[C@H](NC(=O)CN1CCC(c2ccccc2)NC1=O)c1ccccc1F. The van der Waals surface area contributed by atoms with E-state index in [4.69, 9.17) is 0 Å². The van der Waals surface area contributed by atoms with Gasteiger partial charge >= 0.3 is 6.03 Å². The molecular weight excluding hydrogens is 333 g/mol. The Balaban J connectivity index is 1.54. The average molecular weight is 355 g/mol. The van der Waals surface area contributed by atoms with Crippen LogP contribution in [0, 0.1) is 5.82 Å². The minimum Gasteiger partial charge on any atom is -0.348 e. The van der Waals surface area contributed by atoms with Gasteiger partial charge in [-0.1, -0.05) is 48.5 Å². The zero-order chi connectivity index (χ0) is 18.5. The van der Waals surface area contributed by atoms with Gasteiger partial charge in [0.05, 0.1) is 12.1 Å². The molecule has 0 saturated carbocycles. The van der Waals surface area contributed by atoms with Crippen molar-refractivity contribution in [2.45, 2.75) is 25.4 Å². The number of amides is 3. The number of carbonyl (C=O) groups is 2. The lowest BCUT2D eigenvalue weighted by molar-refractivity contribution is -0.122. The molecule has 0 radical (unpaired) electrons. The molecule has 26 heavy (non-hydrogen) atoms. The molecule has 3 amide bonds. The number of nitrogens with zero attached hydrogens (tertiary/aromatic N) is 1. The average Bonchev–Trinajstić information content (AvgIpc) is 2.64. The molecule has 2 aromatic carbocycles. The van der Waals surface area contributed by atoms with Gasteiger partial charge in [0.25, 0.3) is 0 Å². The zero-order valence-corrected chi connectivity index (χ0v) is 14.6. The van der Waals surface area contributed by atoms with Crippen LogP contribution in [-0.4, -0.2) is 29.9 Å². The first-order chi connectivity index (χ1) is 12.5. The van der Waals surface area contributed by atoms with Gasteiger partial charge in [-0.15, -0.1) is 0 Å². The summed E-state index contributed by atoms with van der Waals surface area (Å²) in [6.07, 6.45) is 0.728. The topological polar surface area (TPSA) is 61.4 Å². The number of hydrogen-bond donors (Lipinski definition) is 2. The van der Waals surface area contributed by atoms with Crippen molar-refractivity contribution >= 4 is 11.9 Å². The van der Waals surface area contributed by atoms with E-state index in [9.17, 15) is 14.0 Å². The fourth-order valence-electron chi connectivity index (χ4n) is 3.15. The Morgan fingerprint density at radius 1 is 1.23 bits per heavy atom. The van der Waals surface area contributed by atoms with E-state index in [-0.39, 0.29) is 30.3 Å². The minimum absolute atomic E-state index is 0.0413. The first kappa shape index (κ1) is 17.9. The summed E-state index contributed by atoms with van der Waals surface area (Å²) in [7, 11) is 0. The molecular formula is C20H22FN3O2. The van der Waals surface area contributed by atoms with Crippen molar-refractivity contribution in [2.24, 2.45) is 0 Å². The summed E-state index contributed by atoms with van der Waals surface area (Å²) in [5.74, 6) is -0.671. The molecule has 1 unspecified atom stereocenters. The summed E-state index contributed by atoms with van der Waals surface area (Å²) in [6.45, 7) is 2.16. The highest BCUT2D eigenvalue weighted by Gasteiger charge is 2.27. The molecule has 0 bridgehead atoms. The number of nitrogens with one attached hydrogen (secondary N) is 2. The summed E-state index contributed by atoms with van der Waals surface area (Å²) in [6, 6.07) is 15.3. The summed E-state index contributed by atoms with van der Waals surface area (Å²) in [5.41, 5.74) is 1.48. The minimum atomic E-state index is -0.464. The number of hydrogen-bond acceptors (Lipinski definition) is 2. The van der Waals surface area contributed by atoms with E-state index in [0.717, 1.165) is 12.0 Å². The lowest BCUT2D eigenvalue weighted by atomic mass is 10.0. The van der Waals surface area contributed by atoms with Crippen molar-refractivity contribution in [1.29, 1.82) is 0 Å². The Morgan fingerprint density at radius 3 is 2.62 bits per heavy atom. The molecule has 2 N–H and O–H groups in total.